The van der Waals surface area contributed by atoms with Crippen LogP contribution in [0.1, 0.15) is 10.4 Å². The standard InChI is InChI=1S/C13H9BrINO3/c14-11-2-1-8(5-12(11)15)16-13(19)7-3-9(17)6-10(18)4-7/h1-6,17-18H,(H,16,19). The molecule has 2 aromatic carbocycles. The fraction of sp³-hybridized carbons (Fsp3) is 0. The zero-order valence-corrected chi connectivity index (χ0v) is 13.3. The van der Waals surface area contributed by atoms with Crippen LogP contribution in [-0.2, 0) is 0 Å². The highest BCUT2D eigenvalue weighted by Crippen LogP contribution is 2.24. The van der Waals surface area contributed by atoms with Crippen molar-refractivity contribution in [3.05, 3.63) is 50.0 Å². The van der Waals surface area contributed by atoms with E-state index in [2.05, 4.69) is 43.8 Å². The van der Waals surface area contributed by atoms with Gasteiger partial charge in [-0.25, -0.2) is 0 Å². The molecule has 0 bridgehead atoms. The third-order valence-electron chi connectivity index (χ3n) is 2.34. The van der Waals surface area contributed by atoms with Gasteiger partial charge in [0.1, 0.15) is 11.5 Å². The zero-order valence-electron chi connectivity index (χ0n) is 9.52. The second-order valence-corrected chi connectivity index (χ2v) is 5.84. The van der Waals surface area contributed by atoms with E-state index in [4.69, 9.17) is 0 Å². The number of nitrogens with one attached hydrogen (secondary N) is 1. The quantitative estimate of drug-likeness (QED) is 0.632. The van der Waals surface area contributed by atoms with Crippen molar-refractivity contribution in [2.45, 2.75) is 0 Å². The van der Waals surface area contributed by atoms with E-state index in [0.717, 1.165) is 8.04 Å². The number of aromatic hydroxyl groups is 2. The van der Waals surface area contributed by atoms with E-state index in [1.54, 1.807) is 6.07 Å². The van der Waals surface area contributed by atoms with Crippen LogP contribution in [0.5, 0.6) is 11.5 Å². The summed E-state index contributed by atoms with van der Waals surface area (Å²) < 4.78 is 1.91. The normalized spacial score (nSPS) is 10.2. The van der Waals surface area contributed by atoms with Gasteiger partial charge in [0.25, 0.3) is 5.91 Å². The maximum Gasteiger partial charge on any atom is 0.255 e. The van der Waals surface area contributed by atoms with Crippen molar-refractivity contribution in [3.8, 4) is 11.5 Å². The molecule has 0 aromatic heterocycles. The summed E-state index contributed by atoms with van der Waals surface area (Å²) in [6, 6.07) is 9.15. The number of phenolic OH excluding ortho intramolecular Hbond substituents is 2. The Bertz CT molecular complexity index is 626. The van der Waals surface area contributed by atoms with Gasteiger partial charge in [0, 0.05) is 25.4 Å². The van der Waals surface area contributed by atoms with Crippen LogP contribution in [0.2, 0.25) is 0 Å². The predicted octanol–water partition coefficient (Wildman–Crippen LogP) is 3.72. The van der Waals surface area contributed by atoms with Gasteiger partial charge in [-0.15, -0.1) is 0 Å². The van der Waals surface area contributed by atoms with Crippen LogP contribution in [0.25, 0.3) is 0 Å². The summed E-state index contributed by atoms with van der Waals surface area (Å²) >= 11 is 5.52. The number of hydrogen-bond donors (Lipinski definition) is 3. The summed E-state index contributed by atoms with van der Waals surface area (Å²) in [4.78, 5) is 12.0. The predicted molar refractivity (Wildman–Crippen MR) is 84.6 cm³/mol. The van der Waals surface area contributed by atoms with Crippen molar-refractivity contribution in [2.24, 2.45) is 0 Å². The number of phenols is 2. The van der Waals surface area contributed by atoms with Gasteiger partial charge in [0.05, 0.1) is 0 Å². The molecule has 0 aliphatic rings. The van der Waals surface area contributed by atoms with E-state index < -0.39 is 5.91 Å². The molecule has 1 amide bonds. The molecule has 0 saturated heterocycles. The highest BCUT2D eigenvalue weighted by atomic mass is 127. The molecule has 0 spiro atoms. The van der Waals surface area contributed by atoms with Gasteiger partial charge in [-0.2, -0.15) is 0 Å². The third-order valence-corrected chi connectivity index (χ3v) is 4.67. The summed E-state index contributed by atoms with van der Waals surface area (Å²) in [6.45, 7) is 0. The molecule has 0 radical (unpaired) electrons. The Hall–Kier alpha value is -1.28. The second kappa shape index (κ2) is 5.79. The van der Waals surface area contributed by atoms with E-state index >= 15 is 0 Å². The van der Waals surface area contributed by atoms with Crippen molar-refractivity contribution >= 4 is 50.1 Å². The number of hydrogen-bond acceptors (Lipinski definition) is 3. The Morgan fingerprint density at radius 1 is 1.11 bits per heavy atom. The minimum Gasteiger partial charge on any atom is -0.508 e. The number of amides is 1. The highest BCUT2D eigenvalue weighted by molar-refractivity contribution is 14.1. The van der Waals surface area contributed by atoms with E-state index in [1.165, 1.54) is 18.2 Å². The molecule has 0 atom stereocenters. The van der Waals surface area contributed by atoms with Crippen LogP contribution >= 0.6 is 38.5 Å². The number of anilines is 1. The first-order chi connectivity index (χ1) is 8.95. The summed E-state index contributed by atoms with van der Waals surface area (Å²) in [5.74, 6) is -0.713. The van der Waals surface area contributed by atoms with Gasteiger partial charge in [-0.05, 0) is 68.9 Å². The number of carbonyl (C=O) groups excluding carboxylic acids is 1. The van der Waals surface area contributed by atoms with E-state index in [1.807, 2.05) is 12.1 Å². The molecule has 0 unspecified atom stereocenters. The summed E-state index contributed by atoms with van der Waals surface area (Å²) in [7, 11) is 0. The van der Waals surface area contributed by atoms with Gasteiger partial charge >= 0.3 is 0 Å². The lowest BCUT2D eigenvalue weighted by Crippen LogP contribution is -2.11. The van der Waals surface area contributed by atoms with Crippen molar-refractivity contribution in [2.75, 3.05) is 5.32 Å². The highest BCUT2D eigenvalue weighted by Gasteiger charge is 2.09. The Morgan fingerprint density at radius 2 is 1.74 bits per heavy atom. The SMILES string of the molecule is O=C(Nc1ccc(Br)c(I)c1)c1cc(O)cc(O)c1. The number of carbonyl (C=O) groups is 1. The molecular weight excluding hydrogens is 425 g/mol. The van der Waals surface area contributed by atoms with Crippen LogP contribution in [0.4, 0.5) is 5.69 Å². The number of rotatable bonds is 2. The van der Waals surface area contributed by atoms with E-state index in [-0.39, 0.29) is 17.1 Å². The van der Waals surface area contributed by atoms with E-state index in [9.17, 15) is 15.0 Å². The number of benzene rings is 2. The molecule has 6 heteroatoms. The van der Waals surface area contributed by atoms with Gasteiger partial charge < -0.3 is 15.5 Å². The molecule has 0 heterocycles. The first-order valence-electron chi connectivity index (χ1n) is 5.25. The van der Waals surface area contributed by atoms with Crippen LogP contribution in [0, 0.1) is 3.57 Å². The minimum atomic E-state index is -0.399. The Labute approximate surface area is 131 Å². The van der Waals surface area contributed by atoms with Gasteiger partial charge in [0.2, 0.25) is 0 Å². The van der Waals surface area contributed by atoms with E-state index in [0.29, 0.717) is 5.69 Å². The molecule has 0 saturated carbocycles. The molecule has 3 N–H and O–H groups in total. The Morgan fingerprint density at radius 3 is 2.32 bits per heavy atom. The first kappa shape index (κ1) is 14.1. The van der Waals surface area contributed by atoms with Crippen LogP contribution < -0.4 is 5.32 Å². The van der Waals surface area contributed by atoms with Crippen molar-refractivity contribution in [3.63, 3.8) is 0 Å². The maximum absolute atomic E-state index is 12.0. The molecule has 98 valence electrons. The first-order valence-corrected chi connectivity index (χ1v) is 7.12. The molecule has 19 heavy (non-hydrogen) atoms. The number of halogens is 2. The summed E-state index contributed by atoms with van der Waals surface area (Å²) in [5.41, 5.74) is 0.829. The van der Waals surface area contributed by atoms with Gasteiger partial charge in [-0.3, -0.25) is 4.79 Å². The monoisotopic (exact) mass is 433 g/mol. The molecule has 4 nitrogen and oxygen atoms in total. The Kier molecular flexibility index (Phi) is 4.31. The lowest BCUT2D eigenvalue weighted by Gasteiger charge is -2.07. The fourth-order valence-corrected chi connectivity index (χ4v) is 2.27. The fourth-order valence-electron chi connectivity index (χ4n) is 1.50. The van der Waals surface area contributed by atoms with Crippen LogP contribution in [0.15, 0.2) is 40.9 Å². The largest absolute Gasteiger partial charge is 0.508 e. The molecule has 2 rings (SSSR count). The van der Waals surface area contributed by atoms with Gasteiger partial charge in [-0.1, -0.05) is 0 Å². The average molecular weight is 434 g/mol. The molecule has 0 aliphatic heterocycles. The lowest BCUT2D eigenvalue weighted by atomic mass is 10.2. The van der Waals surface area contributed by atoms with Crippen LogP contribution in [-0.4, -0.2) is 16.1 Å². The molecule has 0 aliphatic carbocycles. The van der Waals surface area contributed by atoms with Gasteiger partial charge in [0.15, 0.2) is 0 Å². The molecular formula is C13H9BrINO3. The molecule has 0 fully saturated rings. The van der Waals surface area contributed by atoms with Crippen molar-refractivity contribution in [1.29, 1.82) is 0 Å². The topological polar surface area (TPSA) is 69.6 Å². The van der Waals surface area contributed by atoms with Crippen LogP contribution in [0.3, 0.4) is 0 Å². The summed E-state index contributed by atoms with van der Waals surface area (Å²) in [6.07, 6.45) is 0. The zero-order chi connectivity index (χ0) is 14.0. The average Bonchev–Trinajstić information content (AvgIpc) is 2.32. The van der Waals surface area contributed by atoms with Crippen molar-refractivity contribution in [1.82, 2.24) is 0 Å². The lowest BCUT2D eigenvalue weighted by molar-refractivity contribution is 0.102. The maximum atomic E-state index is 12.0. The summed E-state index contributed by atoms with van der Waals surface area (Å²) in [5, 5.41) is 21.4. The third kappa shape index (κ3) is 3.60. The molecule has 2 aromatic rings. The Balaban J connectivity index is 2.22. The smallest absolute Gasteiger partial charge is 0.255 e. The second-order valence-electron chi connectivity index (χ2n) is 3.82. The van der Waals surface area contributed by atoms with Crippen molar-refractivity contribution < 1.29 is 15.0 Å². The minimum absolute atomic E-state index is 0.157.